The van der Waals surface area contributed by atoms with Crippen LogP contribution in [0.25, 0.3) is 6.08 Å². The van der Waals surface area contributed by atoms with Gasteiger partial charge in [0.25, 0.3) is 0 Å². The number of imide groups is 1. The molecule has 0 spiro atoms. The van der Waals surface area contributed by atoms with E-state index in [0.717, 1.165) is 37.7 Å². The molecule has 37 heavy (non-hydrogen) atoms. The van der Waals surface area contributed by atoms with Gasteiger partial charge in [-0.2, -0.15) is 0 Å². The van der Waals surface area contributed by atoms with Gasteiger partial charge in [0.05, 0.1) is 17.9 Å². The van der Waals surface area contributed by atoms with Crippen molar-refractivity contribution in [3.8, 4) is 5.75 Å². The normalized spacial score (nSPS) is 29.3. The Morgan fingerprint density at radius 2 is 1.81 bits per heavy atom. The maximum atomic E-state index is 13.8. The maximum Gasteiger partial charge on any atom is 0.455 e. The van der Waals surface area contributed by atoms with E-state index in [-0.39, 0.29) is 53.4 Å². The summed E-state index contributed by atoms with van der Waals surface area (Å²) in [5.41, 5.74) is 4.63. The van der Waals surface area contributed by atoms with E-state index >= 15 is 0 Å². The molecule has 5 rings (SSSR count). The minimum atomic E-state index is -0.932. The van der Waals surface area contributed by atoms with E-state index in [1.165, 1.54) is 23.1 Å². The zero-order valence-electron chi connectivity index (χ0n) is 22.4. The zero-order valence-corrected chi connectivity index (χ0v) is 22.4. The highest BCUT2D eigenvalue weighted by molar-refractivity contribution is 6.43. The summed E-state index contributed by atoms with van der Waals surface area (Å²) in [7, 11) is -0.932. The van der Waals surface area contributed by atoms with Crippen LogP contribution >= 0.6 is 0 Å². The Morgan fingerprint density at radius 3 is 2.49 bits per heavy atom. The van der Waals surface area contributed by atoms with Gasteiger partial charge < -0.3 is 14.8 Å². The average molecular weight is 505 g/mol. The fraction of sp³-hybridized carbons (Fsp3) is 0.600. The monoisotopic (exact) mass is 505 g/mol. The third kappa shape index (κ3) is 5.17. The molecule has 0 bridgehead atoms. The molecule has 2 N–H and O–H groups in total. The molecule has 7 heteroatoms. The zero-order chi connectivity index (χ0) is 26.3. The van der Waals surface area contributed by atoms with Gasteiger partial charge in [0, 0.05) is 6.04 Å². The molecule has 3 fully saturated rings. The molecule has 1 saturated carbocycles. The average Bonchev–Trinajstić information content (AvgIpc) is 3.13. The summed E-state index contributed by atoms with van der Waals surface area (Å²) in [6, 6.07) is 7.17. The van der Waals surface area contributed by atoms with Gasteiger partial charge in [0.15, 0.2) is 0 Å². The van der Waals surface area contributed by atoms with Gasteiger partial charge in [0.1, 0.15) is 5.75 Å². The van der Waals surface area contributed by atoms with Crippen LogP contribution in [0.4, 0.5) is 0 Å². The molecule has 198 valence electrons. The molecule has 0 unspecified atom stereocenters. The van der Waals surface area contributed by atoms with E-state index in [1.807, 2.05) is 12.1 Å². The molecular weight excluding hydrogens is 465 g/mol. The number of likely N-dealkylation sites (tertiary alicyclic amines) is 1. The van der Waals surface area contributed by atoms with Crippen LogP contribution in [-0.4, -0.2) is 46.1 Å². The first-order chi connectivity index (χ1) is 17.7. The number of allylic oxidation sites excluding steroid dienone is 2. The van der Waals surface area contributed by atoms with Crippen molar-refractivity contribution >= 4 is 25.0 Å². The summed E-state index contributed by atoms with van der Waals surface area (Å²) < 4.78 is 6.13. The van der Waals surface area contributed by atoms with Gasteiger partial charge in [0.2, 0.25) is 11.8 Å². The minimum absolute atomic E-state index is 0.0107. The van der Waals surface area contributed by atoms with Crippen LogP contribution in [0.1, 0.15) is 77.7 Å². The van der Waals surface area contributed by atoms with Gasteiger partial charge in [-0.25, -0.2) is 0 Å². The van der Waals surface area contributed by atoms with Crippen LogP contribution in [0.2, 0.25) is 6.32 Å². The van der Waals surface area contributed by atoms with E-state index in [1.54, 1.807) is 17.0 Å². The van der Waals surface area contributed by atoms with Gasteiger partial charge in [-0.1, -0.05) is 62.5 Å². The Labute approximate surface area is 220 Å². The van der Waals surface area contributed by atoms with Crippen LogP contribution in [0.5, 0.6) is 5.75 Å². The summed E-state index contributed by atoms with van der Waals surface area (Å²) in [5, 5.41) is 20.3. The number of hydrogen-bond acceptors (Lipinski definition) is 5. The molecule has 1 aromatic carbocycles. The molecule has 0 radical (unpaired) electrons. The first-order valence-electron chi connectivity index (χ1n) is 14.1. The van der Waals surface area contributed by atoms with Gasteiger partial charge in [-0.15, -0.1) is 0 Å². The summed E-state index contributed by atoms with van der Waals surface area (Å²) in [5.74, 6) is -0.315. The highest BCUT2D eigenvalue weighted by atomic mass is 16.5. The van der Waals surface area contributed by atoms with Crippen molar-refractivity contribution in [3.63, 3.8) is 0 Å². The third-order valence-electron chi connectivity index (χ3n) is 9.02. The summed E-state index contributed by atoms with van der Waals surface area (Å²) in [6.45, 7) is 6.41. The Kier molecular flexibility index (Phi) is 7.64. The largest absolute Gasteiger partial charge is 0.508 e. The summed E-state index contributed by atoms with van der Waals surface area (Å²) >= 11 is 0. The Balaban J connectivity index is 1.40. The van der Waals surface area contributed by atoms with Crippen LogP contribution < -0.4 is 0 Å². The quantitative estimate of drug-likeness (QED) is 0.309. The lowest BCUT2D eigenvalue weighted by Gasteiger charge is -2.44. The molecular formula is C30H40BNO5. The van der Waals surface area contributed by atoms with Crippen LogP contribution in [-0.2, 0) is 14.2 Å². The molecule has 2 saturated heterocycles. The lowest BCUT2D eigenvalue weighted by atomic mass is 9.57. The molecule has 2 aliphatic heterocycles. The van der Waals surface area contributed by atoms with Crippen molar-refractivity contribution in [1.82, 2.24) is 4.90 Å². The van der Waals surface area contributed by atoms with Crippen molar-refractivity contribution in [2.45, 2.75) is 90.6 Å². The van der Waals surface area contributed by atoms with Crippen molar-refractivity contribution in [2.75, 3.05) is 0 Å². The first kappa shape index (κ1) is 26.2. The van der Waals surface area contributed by atoms with Crippen LogP contribution in [0.3, 0.4) is 0 Å². The third-order valence-corrected chi connectivity index (χ3v) is 9.02. The number of fused-ring (bicyclic) bond motifs is 3. The number of phenolic OH excluding ortho intramolecular Hbond substituents is 1. The summed E-state index contributed by atoms with van der Waals surface area (Å²) in [4.78, 5) is 29.1. The molecule has 1 aromatic rings. The summed E-state index contributed by atoms with van der Waals surface area (Å²) in [6.07, 6.45) is 9.51. The van der Waals surface area contributed by atoms with Crippen molar-refractivity contribution in [1.29, 1.82) is 0 Å². The van der Waals surface area contributed by atoms with Crippen molar-refractivity contribution in [2.24, 2.45) is 23.7 Å². The first-order valence-corrected chi connectivity index (χ1v) is 14.1. The number of rotatable bonds is 6. The van der Waals surface area contributed by atoms with E-state index < -0.39 is 7.12 Å². The van der Waals surface area contributed by atoms with E-state index in [2.05, 4.69) is 26.8 Å². The Hall–Kier alpha value is -2.38. The highest BCUT2D eigenvalue weighted by Gasteiger charge is 2.58. The molecule has 2 aliphatic carbocycles. The van der Waals surface area contributed by atoms with Crippen molar-refractivity contribution in [3.05, 3.63) is 46.5 Å². The molecule has 6 nitrogen and oxygen atoms in total. The standard InChI is InChI=1S/C30H40BNO5/c1-18(2)23-16-24-28(30(35)32(29(24)34)21-7-5-4-6-8-21)25-17-31(36)37-26(27(23)25)14-9-19(3)15-20-10-12-22(33)13-11-20/h10-13,15,18,21,24-26,28,33,36H,4-9,14,16-17H2,1-3H3/b19-15+/t24-,25+,26-,28-/m1/s1. The molecule has 0 aromatic heterocycles. The van der Waals surface area contributed by atoms with Gasteiger partial charge in [-0.05, 0) is 80.5 Å². The lowest BCUT2D eigenvalue weighted by molar-refractivity contribution is -0.143. The van der Waals surface area contributed by atoms with Crippen LogP contribution in [0.15, 0.2) is 41.0 Å². The predicted molar refractivity (Wildman–Crippen MR) is 144 cm³/mol. The number of aromatic hydroxyl groups is 1. The highest BCUT2D eigenvalue weighted by Crippen LogP contribution is 2.52. The number of benzene rings is 1. The Morgan fingerprint density at radius 1 is 1.11 bits per heavy atom. The van der Waals surface area contributed by atoms with Gasteiger partial charge >= 0.3 is 7.12 Å². The lowest BCUT2D eigenvalue weighted by Crippen LogP contribution is -2.47. The SMILES string of the molecule is C/C(=C\c1ccc(O)cc1)CC[C@H]1OB(O)C[C@H]2C1=C(C(C)C)C[C@H]1C(=O)N(C3CCCCC3)C(=O)[C@H]12. The number of carbonyl (C=O) groups is 2. The smallest absolute Gasteiger partial charge is 0.455 e. The number of phenols is 1. The second-order valence-electron chi connectivity index (χ2n) is 11.9. The fourth-order valence-corrected chi connectivity index (χ4v) is 7.26. The van der Waals surface area contributed by atoms with Gasteiger partial charge in [-0.3, -0.25) is 14.5 Å². The Bertz CT molecular complexity index is 1090. The number of amides is 2. The molecule has 2 amide bonds. The van der Waals surface area contributed by atoms with E-state index in [0.29, 0.717) is 19.2 Å². The fourth-order valence-electron chi connectivity index (χ4n) is 7.26. The van der Waals surface area contributed by atoms with Crippen LogP contribution in [0, 0.1) is 23.7 Å². The van der Waals surface area contributed by atoms with E-state index in [4.69, 9.17) is 4.65 Å². The second kappa shape index (κ2) is 10.8. The minimum Gasteiger partial charge on any atom is -0.508 e. The molecule has 4 atom stereocenters. The number of carbonyl (C=O) groups excluding carboxylic acids is 2. The van der Waals surface area contributed by atoms with E-state index in [9.17, 15) is 19.7 Å². The topological polar surface area (TPSA) is 87.1 Å². The number of hydrogen-bond donors (Lipinski definition) is 2. The van der Waals surface area contributed by atoms with Crippen molar-refractivity contribution < 1.29 is 24.4 Å². The maximum absolute atomic E-state index is 13.8. The second-order valence-corrected chi connectivity index (χ2v) is 11.9. The predicted octanol–water partition coefficient (Wildman–Crippen LogP) is 5.36. The molecule has 4 aliphatic rings. The number of nitrogens with zero attached hydrogens (tertiary/aromatic N) is 1. The molecule has 2 heterocycles.